The molecule has 3 rings (SSSR count). The largest absolute Gasteiger partial charge is 0.465 e. The fourth-order valence-electron chi connectivity index (χ4n) is 2.42. The first-order chi connectivity index (χ1) is 13.6. The van der Waals surface area contributed by atoms with Crippen LogP contribution in [0.3, 0.4) is 0 Å². The van der Waals surface area contributed by atoms with E-state index in [2.05, 4.69) is 20.6 Å². The van der Waals surface area contributed by atoms with Gasteiger partial charge in [-0.2, -0.15) is 5.26 Å². The number of esters is 1. The van der Waals surface area contributed by atoms with Gasteiger partial charge in [0.1, 0.15) is 11.8 Å². The van der Waals surface area contributed by atoms with Crippen LogP contribution in [-0.4, -0.2) is 29.0 Å². The maximum Gasteiger partial charge on any atom is 0.339 e. The van der Waals surface area contributed by atoms with E-state index in [1.165, 1.54) is 19.4 Å². The molecule has 2 aromatic carbocycles. The quantitative estimate of drug-likeness (QED) is 0.660. The van der Waals surface area contributed by atoms with Gasteiger partial charge in [0.15, 0.2) is 0 Å². The fourth-order valence-corrected chi connectivity index (χ4v) is 2.42. The van der Waals surface area contributed by atoms with Crippen LogP contribution in [0.5, 0.6) is 0 Å². The number of ether oxygens (including phenoxy) is 1. The second-order valence-electron chi connectivity index (χ2n) is 5.54. The smallest absolute Gasteiger partial charge is 0.339 e. The van der Waals surface area contributed by atoms with Crippen molar-refractivity contribution >= 4 is 29.2 Å². The van der Waals surface area contributed by atoms with E-state index < -0.39 is 11.9 Å². The van der Waals surface area contributed by atoms with Gasteiger partial charge in [-0.15, -0.1) is 0 Å². The van der Waals surface area contributed by atoms with Crippen molar-refractivity contribution in [2.45, 2.75) is 0 Å². The zero-order valence-corrected chi connectivity index (χ0v) is 14.8. The summed E-state index contributed by atoms with van der Waals surface area (Å²) in [5.74, 6) is -0.864. The number of rotatable bonds is 5. The van der Waals surface area contributed by atoms with Gasteiger partial charge in [-0.1, -0.05) is 24.3 Å². The van der Waals surface area contributed by atoms with Gasteiger partial charge in [-0.25, -0.2) is 14.8 Å². The molecule has 0 bridgehead atoms. The van der Waals surface area contributed by atoms with Gasteiger partial charge in [0.25, 0.3) is 5.91 Å². The summed E-state index contributed by atoms with van der Waals surface area (Å²) in [6, 6.07) is 16.8. The maximum atomic E-state index is 12.5. The minimum absolute atomic E-state index is 0.0980. The maximum absolute atomic E-state index is 12.5. The summed E-state index contributed by atoms with van der Waals surface area (Å²) in [5.41, 5.74) is 1.59. The third-order valence-corrected chi connectivity index (χ3v) is 3.76. The average molecular weight is 373 g/mol. The first-order valence-corrected chi connectivity index (χ1v) is 8.20. The molecule has 0 atom stereocenters. The van der Waals surface area contributed by atoms with Crippen molar-refractivity contribution in [3.05, 3.63) is 77.6 Å². The highest BCUT2D eigenvalue weighted by Crippen LogP contribution is 2.20. The number of nitrogens with zero attached hydrogens (tertiary/aromatic N) is 3. The molecule has 0 aliphatic rings. The molecule has 1 amide bonds. The van der Waals surface area contributed by atoms with E-state index >= 15 is 0 Å². The van der Waals surface area contributed by atoms with Gasteiger partial charge in [0, 0.05) is 6.20 Å². The number of hydrogen-bond acceptors (Lipinski definition) is 7. The Bertz CT molecular complexity index is 1080. The monoisotopic (exact) mass is 373 g/mol. The molecule has 0 fully saturated rings. The number of carbonyl (C=O) groups is 2. The van der Waals surface area contributed by atoms with Crippen molar-refractivity contribution in [2.75, 3.05) is 17.7 Å². The number of para-hydroxylation sites is 2. The number of nitriles is 1. The van der Waals surface area contributed by atoms with E-state index in [1.807, 2.05) is 6.07 Å². The summed E-state index contributed by atoms with van der Waals surface area (Å²) < 4.78 is 4.75. The standard InChI is InChI=1S/C20H15N5O3/c1-28-19(27)14-7-3-5-9-16(14)24-20-22-11-10-17(25-20)18(26)23-15-8-4-2-6-13(15)12-21/h2-11H,1H3,(H,23,26)(H,22,24,25). The van der Waals surface area contributed by atoms with E-state index in [1.54, 1.807) is 48.5 Å². The summed E-state index contributed by atoms with van der Waals surface area (Å²) in [7, 11) is 1.29. The van der Waals surface area contributed by atoms with Crippen molar-refractivity contribution in [3.8, 4) is 6.07 Å². The Labute approximate surface area is 160 Å². The molecule has 0 saturated heterocycles. The lowest BCUT2D eigenvalue weighted by atomic mass is 10.2. The van der Waals surface area contributed by atoms with Crippen LogP contribution in [0, 0.1) is 11.3 Å². The number of hydrogen-bond donors (Lipinski definition) is 2. The van der Waals surface area contributed by atoms with Crippen molar-refractivity contribution in [1.82, 2.24) is 9.97 Å². The molecule has 1 aromatic heterocycles. The molecule has 1 heterocycles. The van der Waals surface area contributed by atoms with Gasteiger partial charge in [-0.3, -0.25) is 4.79 Å². The molecule has 3 aromatic rings. The van der Waals surface area contributed by atoms with E-state index in [9.17, 15) is 9.59 Å². The lowest BCUT2D eigenvalue weighted by Crippen LogP contribution is -2.15. The molecule has 0 spiro atoms. The Hall–Kier alpha value is -4.25. The zero-order chi connectivity index (χ0) is 19.9. The van der Waals surface area contributed by atoms with Gasteiger partial charge in [0.2, 0.25) is 5.95 Å². The molecule has 0 saturated carbocycles. The van der Waals surface area contributed by atoms with E-state index in [-0.39, 0.29) is 11.6 Å². The highest BCUT2D eigenvalue weighted by molar-refractivity contribution is 6.03. The third kappa shape index (κ3) is 4.11. The van der Waals surface area contributed by atoms with Crippen molar-refractivity contribution in [1.29, 1.82) is 5.26 Å². The van der Waals surface area contributed by atoms with Crippen LogP contribution in [0.25, 0.3) is 0 Å². The number of amides is 1. The molecule has 0 unspecified atom stereocenters. The minimum atomic E-state index is -0.509. The first-order valence-electron chi connectivity index (χ1n) is 8.20. The molecule has 138 valence electrons. The average Bonchev–Trinajstić information content (AvgIpc) is 2.74. The van der Waals surface area contributed by atoms with Crippen molar-refractivity contribution in [2.24, 2.45) is 0 Å². The number of aromatic nitrogens is 2. The van der Waals surface area contributed by atoms with Gasteiger partial charge in [0.05, 0.1) is 29.6 Å². The predicted molar refractivity (Wildman–Crippen MR) is 102 cm³/mol. The Kier molecular flexibility index (Phi) is 5.58. The lowest BCUT2D eigenvalue weighted by molar-refractivity contribution is 0.0601. The van der Waals surface area contributed by atoms with E-state index in [0.717, 1.165) is 0 Å². The molecule has 2 N–H and O–H groups in total. The third-order valence-electron chi connectivity index (χ3n) is 3.76. The second kappa shape index (κ2) is 8.42. The number of anilines is 3. The highest BCUT2D eigenvalue weighted by Gasteiger charge is 2.14. The lowest BCUT2D eigenvalue weighted by Gasteiger charge is -2.10. The molecule has 0 aliphatic carbocycles. The SMILES string of the molecule is COC(=O)c1ccccc1Nc1nccc(C(=O)Nc2ccccc2C#N)n1. The topological polar surface area (TPSA) is 117 Å². The summed E-state index contributed by atoms with van der Waals surface area (Å²) in [4.78, 5) is 32.6. The number of benzene rings is 2. The highest BCUT2D eigenvalue weighted by atomic mass is 16.5. The molecular formula is C20H15N5O3. The van der Waals surface area contributed by atoms with Crippen molar-refractivity contribution in [3.63, 3.8) is 0 Å². The minimum Gasteiger partial charge on any atom is -0.465 e. The summed E-state index contributed by atoms with van der Waals surface area (Å²) in [6.45, 7) is 0. The Morgan fingerprint density at radius 2 is 1.75 bits per heavy atom. The van der Waals surface area contributed by atoms with Crippen molar-refractivity contribution < 1.29 is 14.3 Å². The van der Waals surface area contributed by atoms with Crippen LogP contribution >= 0.6 is 0 Å². The normalized spacial score (nSPS) is 9.86. The second-order valence-corrected chi connectivity index (χ2v) is 5.54. The van der Waals surface area contributed by atoms with Crippen LogP contribution in [0.2, 0.25) is 0 Å². The summed E-state index contributed by atoms with van der Waals surface area (Å²) in [6.07, 6.45) is 1.42. The van der Waals surface area contributed by atoms with Crippen LogP contribution in [0.4, 0.5) is 17.3 Å². The Morgan fingerprint density at radius 3 is 2.50 bits per heavy atom. The zero-order valence-electron chi connectivity index (χ0n) is 14.8. The molecule has 0 radical (unpaired) electrons. The number of carbonyl (C=O) groups excluding carboxylic acids is 2. The first kappa shape index (κ1) is 18.5. The molecule has 8 heteroatoms. The van der Waals surface area contributed by atoms with Crippen LogP contribution in [0.1, 0.15) is 26.4 Å². The van der Waals surface area contributed by atoms with Crippen LogP contribution in [0.15, 0.2) is 60.8 Å². The predicted octanol–water partition coefficient (Wildman–Crippen LogP) is 3.13. The van der Waals surface area contributed by atoms with Crippen LogP contribution in [-0.2, 0) is 4.74 Å². The van der Waals surface area contributed by atoms with Gasteiger partial charge >= 0.3 is 5.97 Å². The van der Waals surface area contributed by atoms with E-state index in [4.69, 9.17) is 10.00 Å². The van der Waals surface area contributed by atoms with Crippen LogP contribution < -0.4 is 10.6 Å². The molecule has 0 aliphatic heterocycles. The fraction of sp³-hybridized carbons (Fsp3) is 0.0500. The summed E-state index contributed by atoms with van der Waals surface area (Å²) >= 11 is 0. The number of nitrogens with one attached hydrogen (secondary N) is 2. The summed E-state index contributed by atoms with van der Waals surface area (Å²) in [5, 5.41) is 14.7. The molecular weight excluding hydrogens is 358 g/mol. The Morgan fingerprint density at radius 1 is 1.04 bits per heavy atom. The molecule has 28 heavy (non-hydrogen) atoms. The number of methoxy groups -OCH3 is 1. The van der Waals surface area contributed by atoms with E-state index in [0.29, 0.717) is 22.5 Å². The van der Waals surface area contributed by atoms with Gasteiger partial charge < -0.3 is 15.4 Å². The Balaban J connectivity index is 1.83. The molecule has 8 nitrogen and oxygen atoms in total. The van der Waals surface area contributed by atoms with Gasteiger partial charge in [-0.05, 0) is 30.3 Å².